The monoisotopic (exact) mass is 363 g/mol. The van der Waals surface area contributed by atoms with Crippen molar-refractivity contribution in [1.82, 2.24) is 4.31 Å². The lowest BCUT2D eigenvalue weighted by molar-refractivity contribution is -0.133. The van der Waals surface area contributed by atoms with Crippen LogP contribution in [-0.2, 0) is 14.8 Å². The zero-order valence-electron chi connectivity index (χ0n) is 13.0. The van der Waals surface area contributed by atoms with Gasteiger partial charge in [-0.05, 0) is 36.9 Å². The first-order chi connectivity index (χ1) is 11.4. The molecule has 2 heterocycles. The molecule has 0 bridgehead atoms. The maximum atomic E-state index is 13.1. The van der Waals surface area contributed by atoms with Crippen LogP contribution in [0.5, 0.6) is 0 Å². The van der Waals surface area contributed by atoms with Crippen LogP contribution in [0.3, 0.4) is 0 Å². The number of aryl methyl sites for hydroxylation is 1. The Balaban J connectivity index is 2.04. The Hall–Kier alpha value is -1.96. The molecule has 1 aliphatic heterocycles. The number of benzene rings is 1. The van der Waals surface area contributed by atoms with Gasteiger partial charge in [0.25, 0.3) is 0 Å². The van der Waals surface area contributed by atoms with Crippen molar-refractivity contribution < 1.29 is 18.3 Å². The predicted octanol–water partition coefficient (Wildman–Crippen LogP) is 3.20. The van der Waals surface area contributed by atoms with E-state index >= 15 is 0 Å². The average molecular weight is 363 g/mol. The molecule has 1 aromatic heterocycles. The van der Waals surface area contributed by atoms with Gasteiger partial charge in [0.05, 0.1) is 10.9 Å². The van der Waals surface area contributed by atoms with Gasteiger partial charge < -0.3 is 5.11 Å². The van der Waals surface area contributed by atoms with Crippen LogP contribution in [0.4, 0.5) is 0 Å². The lowest BCUT2D eigenvalue weighted by Crippen LogP contribution is -2.39. The molecule has 1 aliphatic rings. The van der Waals surface area contributed by atoms with E-state index < -0.39 is 16.0 Å². The van der Waals surface area contributed by atoms with Crippen molar-refractivity contribution in [2.45, 2.75) is 24.3 Å². The van der Waals surface area contributed by atoms with Gasteiger partial charge in [0, 0.05) is 17.0 Å². The van der Waals surface area contributed by atoms with Crippen LogP contribution in [-0.4, -0.2) is 30.3 Å². The third-order valence-electron chi connectivity index (χ3n) is 4.04. The number of carboxylic acids is 1. The van der Waals surface area contributed by atoms with Crippen molar-refractivity contribution in [3.8, 4) is 0 Å². The van der Waals surface area contributed by atoms with E-state index in [2.05, 4.69) is 0 Å². The maximum absolute atomic E-state index is 13.1. The fourth-order valence-corrected chi connectivity index (χ4v) is 5.22. The minimum atomic E-state index is -3.78. The van der Waals surface area contributed by atoms with Crippen LogP contribution in [0.2, 0.25) is 0 Å². The summed E-state index contributed by atoms with van der Waals surface area (Å²) in [5.74, 6) is -1.08. The molecule has 1 atom stereocenters. The number of hydrogen-bond acceptors (Lipinski definition) is 4. The van der Waals surface area contributed by atoms with E-state index in [1.165, 1.54) is 15.6 Å². The van der Waals surface area contributed by atoms with Crippen LogP contribution in [0.25, 0.3) is 0 Å². The van der Waals surface area contributed by atoms with Gasteiger partial charge in [-0.25, -0.2) is 13.2 Å². The van der Waals surface area contributed by atoms with Crippen LogP contribution in [0.15, 0.2) is 58.3 Å². The molecule has 1 unspecified atom stereocenters. The molecule has 5 nitrogen and oxygen atoms in total. The lowest BCUT2D eigenvalue weighted by atomic mass is 10.0. The average Bonchev–Trinajstić information content (AvgIpc) is 3.09. The third-order valence-corrected chi connectivity index (χ3v) is 6.88. The molecule has 0 spiro atoms. The van der Waals surface area contributed by atoms with E-state index in [1.54, 1.807) is 30.3 Å². The van der Waals surface area contributed by atoms with Gasteiger partial charge in [-0.2, -0.15) is 4.31 Å². The highest BCUT2D eigenvalue weighted by atomic mass is 32.2. The first kappa shape index (κ1) is 16.9. The van der Waals surface area contributed by atoms with E-state index in [0.717, 1.165) is 10.4 Å². The fourth-order valence-electron chi connectivity index (χ4n) is 2.71. The minimum absolute atomic E-state index is 0.110. The number of hydrogen-bond donors (Lipinski definition) is 1. The molecule has 0 amide bonds. The fraction of sp³-hybridized carbons (Fsp3) is 0.235. The second-order valence-electron chi connectivity index (χ2n) is 5.66. The Morgan fingerprint density at radius 3 is 2.54 bits per heavy atom. The lowest BCUT2D eigenvalue weighted by Gasteiger charge is -2.33. The van der Waals surface area contributed by atoms with Crippen molar-refractivity contribution in [1.29, 1.82) is 0 Å². The molecule has 0 saturated heterocycles. The first-order valence-corrected chi connectivity index (χ1v) is 9.76. The molecule has 126 valence electrons. The van der Waals surface area contributed by atoms with E-state index in [0.29, 0.717) is 6.42 Å². The van der Waals surface area contributed by atoms with Crippen LogP contribution >= 0.6 is 11.3 Å². The van der Waals surface area contributed by atoms with E-state index in [4.69, 9.17) is 0 Å². The molecule has 0 fully saturated rings. The number of nitrogens with zero attached hydrogens (tertiary/aromatic N) is 1. The summed E-state index contributed by atoms with van der Waals surface area (Å²) in [4.78, 5) is 12.4. The van der Waals surface area contributed by atoms with Gasteiger partial charge in [0.2, 0.25) is 10.0 Å². The Morgan fingerprint density at radius 1 is 1.25 bits per heavy atom. The van der Waals surface area contributed by atoms with Crippen molar-refractivity contribution in [3.05, 3.63) is 63.9 Å². The molecule has 24 heavy (non-hydrogen) atoms. The molecule has 1 aromatic carbocycles. The van der Waals surface area contributed by atoms with Gasteiger partial charge in [-0.1, -0.05) is 29.8 Å². The number of rotatable bonds is 4. The quantitative estimate of drug-likeness (QED) is 0.905. The van der Waals surface area contributed by atoms with Crippen molar-refractivity contribution in [3.63, 3.8) is 0 Å². The standard InChI is InChI=1S/C17H17NO4S2/c1-12-4-7-14(8-5-12)24(21,22)18-11-13(17(19)20)6-9-15(18)16-3-2-10-23-16/h2-8,10,15H,9,11H2,1H3,(H,19,20). The highest BCUT2D eigenvalue weighted by Gasteiger charge is 2.36. The van der Waals surface area contributed by atoms with E-state index in [-0.39, 0.29) is 23.1 Å². The van der Waals surface area contributed by atoms with Crippen LogP contribution in [0.1, 0.15) is 22.9 Å². The van der Waals surface area contributed by atoms with Gasteiger partial charge >= 0.3 is 5.97 Å². The largest absolute Gasteiger partial charge is 0.478 e. The van der Waals surface area contributed by atoms with Crippen LogP contribution in [0, 0.1) is 6.92 Å². The molecule has 2 aromatic rings. The zero-order valence-corrected chi connectivity index (χ0v) is 14.7. The van der Waals surface area contributed by atoms with Gasteiger partial charge in [0.1, 0.15) is 0 Å². The second kappa shape index (κ2) is 6.51. The van der Waals surface area contributed by atoms with Gasteiger partial charge in [-0.3, -0.25) is 0 Å². The summed E-state index contributed by atoms with van der Waals surface area (Å²) in [6, 6.07) is 9.98. The normalized spacial score (nSPS) is 19.0. The maximum Gasteiger partial charge on any atom is 0.332 e. The molecule has 1 N–H and O–H groups in total. The Morgan fingerprint density at radius 2 is 1.96 bits per heavy atom. The smallest absolute Gasteiger partial charge is 0.332 e. The molecule has 7 heteroatoms. The number of carboxylic acid groups (broad SMARTS) is 1. The summed E-state index contributed by atoms with van der Waals surface area (Å²) in [5.41, 5.74) is 1.08. The summed E-state index contributed by atoms with van der Waals surface area (Å²) in [6.07, 6.45) is 1.97. The molecule has 0 aliphatic carbocycles. The topological polar surface area (TPSA) is 74.7 Å². The Labute approximate surface area is 144 Å². The highest BCUT2D eigenvalue weighted by Crippen LogP contribution is 2.36. The minimum Gasteiger partial charge on any atom is -0.478 e. The molecular weight excluding hydrogens is 346 g/mol. The molecule has 0 radical (unpaired) electrons. The second-order valence-corrected chi connectivity index (χ2v) is 8.53. The highest BCUT2D eigenvalue weighted by molar-refractivity contribution is 7.89. The SMILES string of the molecule is Cc1ccc(S(=O)(=O)N2CC(C(=O)O)=CCC2c2cccs2)cc1. The van der Waals surface area contributed by atoms with E-state index in [1.807, 2.05) is 24.4 Å². The summed E-state index contributed by atoms with van der Waals surface area (Å²) in [5, 5.41) is 11.1. The van der Waals surface area contributed by atoms with Crippen molar-refractivity contribution in [2.75, 3.05) is 6.54 Å². The van der Waals surface area contributed by atoms with Gasteiger partial charge in [0.15, 0.2) is 0 Å². The summed E-state index contributed by atoms with van der Waals surface area (Å²) in [6.45, 7) is 1.76. The number of sulfonamides is 1. The molecular formula is C17H17NO4S2. The first-order valence-electron chi connectivity index (χ1n) is 7.44. The summed E-state index contributed by atoms with van der Waals surface area (Å²) < 4.78 is 27.5. The molecule has 3 rings (SSSR count). The summed E-state index contributed by atoms with van der Waals surface area (Å²) in [7, 11) is -3.78. The number of thiophene rings is 1. The number of aliphatic carboxylic acids is 1. The van der Waals surface area contributed by atoms with Gasteiger partial charge in [-0.15, -0.1) is 11.3 Å². The Kier molecular flexibility index (Phi) is 4.58. The third kappa shape index (κ3) is 3.15. The van der Waals surface area contributed by atoms with Crippen LogP contribution < -0.4 is 0 Å². The predicted molar refractivity (Wildman–Crippen MR) is 92.5 cm³/mol. The summed E-state index contributed by atoms with van der Waals surface area (Å²) >= 11 is 1.47. The zero-order chi connectivity index (χ0) is 17.3. The van der Waals surface area contributed by atoms with Crippen molar-refractivity contribution >= 4 is 27.3 Å². The van der Waals surface area contributed by atoms with Crippen molar-refractivity contribution in [2.24, 2.45) is 0 Å². The molecule has 0 saturated carbocycles. The van der Waals surface area contributed by atoms with E-state index in [9.17, 15) is 18.3 Å². The Bertz CT molecular complexity index is 868. The number of carbonyl (C=O) groups is 1.